The number of hydrogen-bond donors (Lipinski definition) is 1. The van der Waals surface area contributed by atoms with Crippen LogP contribution in [0.15, 0.2) is 17.1 Å². The summed E-state index contributed by atoms with van der Waals surface area (Å²) < 4.78 is 10.6. The maximum absolute atomic E-state index is 12.1. The van der Waals surface area contributed by atoms with Crippen molar-refractivity contribution >= 4 is 34.4 Å². The second-order valence-electron chi connectivity index (χ2n) is 3.91. The van der Waals surface area contributed by atoms with Crippen molar-refractivity contribution in [1.82, 2.24) is 5.32 Å². The quantitative estimate of drug-likeness (QED) is 0.928. The maximum Gasteiger partial charge on any atom is 0.257 e. The number of benzene rings is 1. The molecule has 0 unspecified atom stereocenters. The van der Waals surface area contributed by atoms with Gasteiger partial charge in [-0.2, -0.15) is 0 Å². The van der Waals surface area contributed by atoms with Gasteiger partial charge in [-0.1, -0.05) is 23.4 Å². The summed E-state index contributed by atoms with van der Waals surface area (Å²) in [6.45, 7) is 3.05. The molecule has 0 spiro atoms. The Labute approximate surface area is 126 Å². The molecule has 2 rings (SSSR count). The van der Waals surface area contributed by atoms with Gasteiger partial charge in [0.1, 0.15) is 0 Å². The zero-order chi connectivity index (χ0) is 14.5. The van der Waals surface area contributed by atoms with Crippen LogP contribution in [0.25, 0.3) is 0 Å². The number of nitrogens with one attached hydrogen (secondary N) is 1. The smallest absolute Gasteiger partial charge is 0.257 e. The van der Waals surface area contributed by atoms with E-state index < -0.39 is 0 Å². The Morgan fingerprint density at radius 2 is 2.35 bits per heavy atom. The van der Waals surface area contributed by atoms with Gasteiger partial charge in [-0.3, -0.25) is 9.79 Å². The second kappa shape index (κ2) is 6.85. The van der Waals surface area contributed by atoms with Crippen LogP contribution in [0.5, 0.6) is 11.5 Å². The first-order valence-electron chi connectivity index (χ1n) is 6.14. The third kappa shape index (κ3) is 3.37. The van der Waals surface area contributed by atoms with Crippen molar-refractivity contribution in [3.63, 3.8) is 0 Å². The lowest BCUT2D eigenvalue weighted by atomic mass is 10.2. The highest BCUT2D eigenvalue weighted by Crippen LogP contribution is 2.36. The number of methoxy groups -OCH3 is 1. The summed E-state index contributed by atoms with van der Waals surface area (Å²) in [6, 6.07) is 3.16. The van der Waals surface area contributed by atoms with Crippen molar-refractivity contribution < 1.29 is 14.3 Å². The molecule has 1 aromatic rings. The molecule has 0 fully saturated rings. The predicted octanol–water partition coefficient (Wildman–Crippen LogP) is 2.58. The van der Waals surface area contributed by atoms with E-state index in [0.29, 0.717) is 33.9 Å². The number of thioether (sulfide) groups is 1. The van der Waals surface area contributed by atoms with E-state index in [1.165, 1.54) is 18.9 Å². The first-order chi connectivity index (χ1) is 9.65. The molecule has 7 heteroatoms. The van der Waals surface area contributed by atoms with Gasteiger partial charge in [0.05, 0.1) is 25.3 Å². The second-order valence-corrected chi connectivity index (χ2v) is 5.40. The average molecular weight is 315 g/mol. The van der Waals surface area contributed by atoms with Gasteiger partial charge >= 0.3 is 0 Å². The average Bonchev–Trinajstić information content (AvgIpc) is 2.93. The van der Waals surface area contributed by atoms with Crippen LogP contribution in [0.3, 0.4) is 0 Å². The highest BCUT2D eigenvalue weighted by Gasteiger charge is 2.17. The third-order valence-electron chi connectivity index (χ3n) is 2.59. The van der Waals surface area contributed by atoms with Crippen LogP contribution in [-0.4, -0.2) is 37.1 Å². The number of rotatable bonds is 4. The SMILES string of the molecule is CCOc1c(Cl)cc(C(=O)NC2=NCCS2)cc1OC. The lowest BCUT2D eigenvalue weighted by Gasteiger charge is -2.13. The van der Waals surface area contributed by atoms with Gasteiger partial charge in [-0.25, -0.2) is 0 Å². The molecule has 0 radical (unpaired) electrons. The number of ether oxygens (including phenoxy) is 2. The third-order valence-corrected chi connectivity index (χ3v) is 3.76. The highest BCUT2D eigenvalue weighted by atomic mass is 35.5. The first-order valence-corrected chi connectivity index (χ1v) is 7.51. The molecule has 0 aliphatic carbocycles. The Morgan fingerprint density at radius 1 is 1.55 bits per heavy atom. The van der Waals surface area contributed by atoms with Crippen LogP contribution in [0.2, 0.25) is 5.02 Å². The van der Waals surface area contributed by atoms with Crippen molar-refractivity contribution in [2.24, 2.45) is 4.99 Å². The summed E-state index contributed by atoms with van der Waals surface area (Å²) in [7, 11) is 1.51. The highest BCUT2D eigenvalue weighted by molar-refractivity contribution is 8.14. The van der Waals surface area contributed by atoms with Crippen molar-refractivity contribution in [1.29, 1.82) is 0 Å². The van der Waals surface area contributed by atoms with E-state index in [1.54, 1.807) is 12.1 Å². The Bertz CT molecular complexity index is 549. The van der Waals surface area contributed by atoms with Gasteiger partial charge in [0.15, 0.2) is 16.7 Å². The van der Waals surface area contributed by atoms with Crippen molar-refractivity contribution in [3.8, 4) is 11.5 Å². The van der Waals surface area contributed by atoms with E-state index in [0.717, 1.165) is 12.3 Å². The van der Waals surface area contributed by atoms with Gasteiger partial charge in [0.25, 0.3) is 5.91 Å². The minimum absolute atomic E-state index is 0.263. The number of nitrogens with zero attached hydrogens (tertiary/aromatic N) is 1. The topological polar surface area (TPSA) is 59.9 Å². The summed E-state index contributed by atoms with van der Waals surface area (Å²) in [5, 5.41) is 3.73. The van der Waals surface area contributed by atoms with Gasteiger partial charge in [-0.05, 0) is 19.1 Å². The van der Waals surface area contributed by atoms with Gasteiger partial charge in [-0.15, -0.1) is 0 Å². The minimum atomic E-state index is -0.263. The lowest BCUT2D eigenvalue weighted by Crippen LogP contribution is -2.27. The molecular weight excluding hydrogens is 300 g/mol. The number of hydrogen-bond acceptors (Lipinski definition) is 5. The fraction of sp³-hybridized carbons (Fsp3) is 0.385. The number of halogens is 1. The molecule has 0 atom stereocenters. The summed E-state index contributed by atoms with van der Waals surface area (Å²) in [5.74, 6) is 1.51. The summed E-state index contributed by atoms with van der Waals surface area (Å²) in [5.41, 5.74) is 0.408. The van der Waals surface area contributed by atoms with Gasteiger partial charge in [0.2, 0.25) is 0 Å². The fourth-order valence-electron chi connectivity index (χ4n) is 1.72. The Morgan fingerprint density at radius 3 is 2.95 bits per heavy atom. The van der Waals surface area contributed by atoms with Gasteiger partial charge in [0, 0.05) is 11.3 Å². The molecule has 0 bridgehead atoms. The lowest BCUT2D eigenvalue weighted by molar-refractivity contribution is 0.0977. The monoisotopic (exact) mass is 314 g/mol. The number of amides is 1. The standard InChI is InChI=1S/C13H15ClN2O3S/c1-3-19-11-9(14)6-8(7-10(11)18-2)12(17)16-13-15-4-5-20-13/h6-7H,3-5H2,1-2H3,(H,15,16,17). The zero-order valence-electron chi connectivity index (χ0n) is 11.2. The molecule has 1 amide bonds. The van der Waals surface area contributed by atoms with E-state index in [-0.39, 0.29) is 5.91 Å². The molecule has 1 heterocycles. The molecule has 0 saturated heterocycles. The first kappa shape index (κ1) is 15.0. The van der Waals surface area contributed by atoms with Crippen molar-refractivity contribution in [2.45, 2.75) is 6.92 Å². The van der Waals surface area contributed by atoms with Crippen LogP contribution in [0, 0.1) is 0 Å². The molecule has 20 heavy (non-hydrogen) atoms. The summed E-state index contributed by atoms with van der Waals surface area (Å²) in [6.07, 6.45) is 0. The van der Waals surface area contributed by atoms with E-state index in [1.807, 2.05) is 6.92 Å². The number of carbonyl (C=O) groups excluding carboxylic acids is 1. The molecule has 108 valence electrons. The molecular formula is C13H15ClN2O3S. The number of carbonyl (C=O) groups is 1. The van der Waals surface area contributed by atoms with E-state index in [9.17, 15) is 4.79 Å². The Balaban J connectivity index is 2.23. The van der Waals surface area contributed by atoms with Crippen molar-refractivity contribution in [3.05, 3.63) is 22.7 Å². The summed E-state index contributed by atoms with van der Waals surface area (Å²) >= 11 is 7.65. The molecule has 5 nitrogen and oxygen atoms in total. The fourth-order valence-corrected chi connectivity index (χ4v) is 2.70. The molecule has 1 N–H and O–H groups in total. The van der Waals surface area contributed by atoms with Crippen molar-refractivity contribution in [2.75, 3.05) is 26.0 Å². The zero-order valence-corrected chi connectivity index (χ0v) is 12.8. The number of aliphatic imine (C=N–C) groups is 1. The molecule has 1 aliphatic heterocycles. The Hall–Kier alpha value is -1.40. The van der Waals surface area contributed by atoms with Crippen LogP contribution >= 0.6 is 23.4 Å². The van der Waals surface area contributed by atoms with Crippen LogP contribution in [-0.2, 0) is 0 Å². The minimum Gasteiger partial charge on any atom is -0.493 e. The Kier molecular flexibility index (Phi) is 5.14. The van der Waals surface area contributed by atoms with Gasteiger partial charge < -0.3 is 14.8 Å². The molecule has 1 aliphatic rings. The van der Waals surface area contributed by atoms with Crippen LogP contribution in [0.1, 0.15) is 17.3 Å². The van der Waals surface area contributed by atoms with Crippen LogP contribution < -0.4 is 14.8 Å². The normalized spacial score (nSPS) is 13.8. The number of amidine groups is 1. The molecule has 1 aromatic carbocycles. The van der Waals surface area contributed by atoms with E-state index >= 15 is 0 Å². The van der Waals surface area contributed by atoms with Crippen LogP contribution in [0.4, 0.5) is 0 Å². The summed E-state index contributed by atoms with van der Waals surface area (Å²) in [4.78, 5) is 16.3. The molecule has 0 aromatic heterocycles. The van der Waals surface area contributed by atoms with E-state index in [2.05, 4.69) is 10.3 Å². The predicted molar refractivity (Wildman–Crippen MR) is 81.4 cm³/mol. The van der Waals surface area contributed by atoms with E-state index in [4.69, 9.17) is 21.1 Å². The molecule has 0 saturated carbocycles. The maximum atomic E-state index is 12.1. The largest absolute Gasteiger partial charge is 0.493 e.